The molecule has 1 atom stereocenters. The Morgan fingerprint density at radius 2 is 1.42 bits per heavy atom. The molecule has 0 radical (unpaired) electrons. The van der Waals surface area contributed by atoms with Gasteiger partial charge in [0, 0.05) is 16.8 Å². The molecule has 0 spiro atoms. The molecule has 0 saturated carbocycles. The minimum Gasteiger partial charge on any atom is -0.399 e. The predicted octanol–water partition coefficient (Wildman–Crippen LogP) is 3.35. The van der Waals surface area contributed by atoms with Crippen LogP contribution < -0.4 is 11.6 Å². The molecule has 0 fully saturated rings. The van der Waals surface area contributed by atoms with Crippen molar-refractivity contribution < 1.29 is 0 Å². The standard InChI is InChI=1S/C21H19N5/c22-18-13-7-12-17(14-18)21-25-19(15-8-3-1-4-9-15)24-20(26(21)23)16-10-5-2-6-11-16/h1-14,20H,22-23H2. The molecule has 4 N–H and O–H groups in total. The number of hydrogen-bond acceptors (Lipinski definition) is 5. The fourth-order valence-electron chi connectivity index (χ4n) is 2.96. The molecular formula is C21H19N5. The Kier molecular flexibility index (Phi) is 4.21. The van der Waals surface area contributed by atoms with E-state index in [1.807, 2.05) is 84.9 Å². The molecule has 0 aliphatic carbocycles. The van der Waals surface area contributed by atoms with E-state index >= 15 is 0 Å². The summed E-state index contributed by atoms with van der Waals surface area (Å²) in [6.07, 6.45) is -0.361. The van der Waals surface area contributed by atoms with E-state index < -0.39 is 0 Å². The second-order valence-electron chi connectivity index (χ2n) is 6.07. The van der Waals surface area contributed by atoms with E-state index in [2.05, 4.69) is 0 Å². The van der Waals surface area contributed by atoms with E-state index in [-0.39, 0.29) is 6.17 Å². The van der Waals surface area contributed by atoms with Gasteiger partial charge in [0.1, 0.15) is 0 Å². The SMILES string of the molecule is Nc1cccc(C2=NC(c3ccccc3)=NC(c3ccccc3)N2N)c1. The fourth-order valence-corrected chi connectivity index (χ4v) is 2.96. The summed E-state index contributed by atoms with van der Waals surface area (Å²) in [5, 5.41) is 1.59. The van der Waals surface area contributed by atoms with Crippen LogP contribution >= 0.6 is 0 Å². The van der Waals surface area contributed by atoms with E-state index in [0.29, 0.717) is 17.4 Å². The van der Waals surface area contributed by atoms with E-state index in [1.165, 1.54) is 0 Å². The smallest absolute Gasteiger partial charge is 0.164 e. The third-order valence-electron chi connectivity index (χ3n) is 4.24. The summed E-state index contributed by atoms with van der Waals surface area (Å²) in [4.78, 5) is 9.53. The molecule has 1 aliphatic rings. The van der Waals surface area contributed by atoms with Crippen molar-refractivity contribution in [1.29, 1.82) is 0 Å². The van der Waals surface area contributed by atoms with E-state index in [0.717, 1.165) is 16.7 Å². The first-order valence-electron chi connectivity index (χ1n) is 8.39. The van der Waals surface area contributed by atoms with Crippen molar-refractivity contribution in [1.82, 2.24) is 5.01 Å². The summed E-state index contributed by atoms with van der Waals surface area (Å²) in [7, 11) is 0. The summed E-state index contributed by atoms with van der Waals surface area (Å²) >= 11 is 0. The first-order valence-corrected chi connectivity index (χ1v) is 8.39. The van der Waals surface area contributed by atoms with Crippen molar-refractivity contribution in [3.63, 3.8) is 0 Å². The van der Waals surface area contributed by atoms with Crippen molar-refractivity contribution in [3.05, 3.63) is 102 Å². The zero-order valence-corrected chi connectivity index (χ0v) is 14.2. The normalized spacial score (nSPS) is 16.8. The van der Waals surface area contributed by atoms with E-state index in [1.54, 1.807) is 5.01 Å². The molecule has 3 aromatic rings. The molecule has 26 heavy (non-hydrogen) atoms. The lowest BCUT2D eigenvalue weighted by molar-refractivity contribution is 0.333. The van der Waals surface area contributed by atoms with Gasteiger partial charge in [0.05, 0.1) is 0 Å². The van der Waals surface area contributed by atoms with Gasteiger partial charge in [0.15, 0.2) is 17.8 Å². The summed E-state index contributed by atoms with van der Waals surface area (Å²) in [5.74, 6) is 7.72. The van der Waals surface area contributed by atoms with Crippen molar-refractivity contribution in [3.8, 4) is 0 Å². The van der Waals surface area contributed by atoms with Gasteiger partial charge in [-0.05, 0) is 17.7 Å². The Morgan fingerprint density at radius 1 is 0.769 bits per heavy atom. The Balaban J connectivity index is 1.85. The average molecular weight is 341 g/mol. The monoisotopic (exact) mass is 341 g/mol. The number of benzene rings is 3. The Bertz CT molecular complexity index is 964. The quantitative estimate of drug-likeness (QED) is 0.566. The van der Waals surface area contributed by atoms with Crippen LogP contribution in [0.5, 0.6) is 0 Å². The summed E-state index contributed by atoms with van der Waals surface area (Å²) < 4.78 is 0. The van der Waals surface area contributed by atoms with Gasteiger partial charge in [-0.15, -0.1) is 0 Å². The maximum atomic E-state index is 6.43. The molecule has 5 nitrogen and oxygen atoms in total. The molecule has 128 valence electrons. The number of rotatable bonds is 3. The topological polar surface area (TPSA) is 80.0 Å². The minimum atomic E-state index is -0.361. The van der Waals surface area contributed by atoms with Crippen molar-refractivity contribution >= 4 is 17.4 Å². The number of nitrogen functional groups attached to an aromatic ring is 1. The van der Waals surface area contributed by atoms with Crippen LogP contribution in [0, 0.1) is 0 Å². The lowest BCUT2D eigenvalue weighted by Crippen LogP contribution is -2.43. The van der Waals surface area contributed by atoms with Gasteiger partial charge in [0.2, 0.25) is 0 Å². The minimum absolute atomic E-state index is 0.361. The van der Waals surface area contributed by atoms with Crippen LogP contribution in [0.4, 0.5) is 5.69 Å². The lowest BCUT2D eigenvalue weighted by atomic mass is 10.1. The highest BCUT2D eigenvalue weighted by atomic mass is 15.5. The van der Waals surface area contributed by atoms with Crippen LogP contribution in [0.15, 0.2) is 94.9 Å². The summed E-state index contributed by atoms with van der Waals surface area (Å²) in [6, 6.07) is 27.4. The van der Waals surface area contributed by atoms with Gasteiger partial charge in [0.25, 0.3) is 0 Å². The average Bonchev–Trinajstić information content (AvgIpc) is 2.69. The van der Waals surface area contributed by atoms with Crippen LogP contribution in [-0.2, 0) is 0 Å². The number of hydrazine groups is 1. The maximum Gasteiger partial charge on any atom is 0.164 e. The van der Waals surface area contributed by atoms with E-state index in [9.17, 15) is 0 Å². The molecule has 0 saturated heterocycles. The highest BCUT2D eigenvalue weighted by molar-refractivity contribution is 6.13. The van der Waals surface area contributed by atoms with Crippen LogP contribution in [0.1, 0.15) is 22.9 Å². The zero-order valence-electron chi connectivity index (χ0n) is 14.2. The molecule has 1 unspecified atom stereocenters. The number of aliphatic imine (C=N–C) groups is 2. The molecular weight excluding hydrogens is 322 g/mol. The second kappa shape index (κ2) is 6.82. The molecule has 1 heterocycles. The molecule has 0 amide bonds. The van der Waals surface area contributed by atoms with Crippen LogP contribution in [-0.4, -0.2) is 16.7 Å². The van der Waals surface area contributed by atoms with Gasteiger partial charge in [-0.25, -0.2) is 15.8 Å². The number of hydrogen-bond donors (Lipinski definition) is 2. The molecule has 0 bridgehead atoms. The third kappa shape index (κ3) is 3.08. The van der Waals surface area contributed by atoms with Gasteiger partial charge >= 0.3 is 0 Å². The van der Waals surface area contributed by atoms with Gasteiger partial charge in [-0.3, -0.25) is 5.01 Å². The van der Waals surface area contributed by atoms with Gasteiger partial charge in [-0.1, -0.05) is 72.8 Å². The maximum absolute atomic E-state index is 6.43. The van der Waals surface area contributed by atoms with Crippen molar-refractivity contribution in [2.45, 2.75) is 6.17 Å². The Hall–Kier alpha value is -3.44. The Labute approximate surface area is 152 Å². The molecule has 3 aromatic carbocycles. The number of nitrogens with zero attached hydrogens (tertiary/aromatic N) is 3. The highest BCUT2D eigenvalue weighted by Gasteiger charge is 2.27. The summed E-state index contributed by atoms with van der Waals surface area (Å²) in [5.41, 5.74) is 9.43. The first kappa shape index (κ1) is 16.1. The molecule has 0 aromatic heterocycles. The predicted molar refractivity (Wildman–Crippen MR) is 106 cm³/mol. The van der Waals surface area contributed by atoms with Gasteiger partial charge in [-0.2, -0.15) is 0 Å². The number of nitrogens with two attached hydrogens (primary N) is 2. The van der Waals surface area contributed by atoms with Crippen LogP contribution in [0.2, 0.25) is 0 Å². The third-order valence-corrected chi connectivity index (χ3v) is 4.24. The number of anilines is 1. The van der Waals surface area contributed by atoms with Crippen LogP contribution in [0.25, 0.3) is 0 Å². The van der Waals surface area contributed by atoms with Crippen LogP contribution in [0.3, 0.4) is 0 Å². The highest BCUT2D eigenvalue weighted by Crippen LogP contribution is 2.27. The zero-order chi connectivity index (χ0) is 17.9. The second-order valence-corrected chi connectivity index (χ2v) is 6.07. The lowest BCUT2D eigenvalue weighted by Gasteiger charge is -2.31. The largest absolute Gasteiger partial charge is 0.399 e. The fraction of sp³-hybridized carbons (Fsp3) is 0.0476. The Morgan fingerprint density at radius 3 is 2.12 bits per heavy atom. The summed E-state index contributed by atoms with van der Waals surface area (Å²) in [6.45, 7) is 0. The van der Waals surface area contributed by atoms with Crippen molar-refractivity contribution in [2.75, 3.05) is 5.73 Å². The molecule has 4 rings (SSSR count). The van der Waals surface area contributed by atoms with Crippen molar-refractivity contribution in [2.24, 2.45) is 15.8 Å². The molecule has 1 aliphatic heterocycles. The molecule has 5 heteroatoms. The van der Waals surface area contributed by atoms with E-state index in [4.69, 9.17) is 21.6 Å². The number of amidine groups is 2. The van der Waals surface area contributed by atoms with Gasteiger partial charge < -0.3 is 5.73 Å². The first-order chi connectivity index (χ1) is 12.7.